The van der Waals surface area contributed by atoms with Crippen LogP contribution >= 0.6 is 65.1 Å². The number of esters is 1. The van der Waals surface area contributed by atoms with Gasteiger partial charge in [-0.1, -0.05) is 39.5 Å². The van der Waals surface area contributed by atoms with E-state index in [1.54, 1.807) is 46.4 Å². The molecule has 14 aliphatic rings. The fourth-order valence-electron chi connectivity index (χ4n) is 12.4. The first kappa shape index (κ1) is 104. The van der Waals surface area contributed by atoms with Crippen molar-refractivity contribution in [2.75, 3.05) is 52.6 Å². The fourth-order valence-corrected chi connectivity index (χ4v) is 12.4. The Hall–Kier alpha value is -0.298. The van der Waals surface area contributed by atoms with E-state index in [-0.39, 0.29) is 120 Å². The van der Waals surface area contributed by atoms with Crippen molar-refractivity contribution in [3.8, 4) is 0 Å². The zero-order valence-electron chi connectivity index (χ0n) is 62.3. The summed E-state index contributed by atoms with van der Waals surface area (Å²) in [4.78, 5) is 61.6. The summed E-state index contributed by atoms with van der Waals surface area (Å²) >= 11 is 0.0778. The number of hydrogen-bond donors (Lipinski definition) is 9. The van der Waals surface area contributed by atoms with Crippen molar-refractivity contribution in [2.24, 2.45) is 5.11 Å². The number of likely N-dealkylation sites (tertiary alicyclic amines) is 2. The molecular formula is C62H106Cl4N6Na2O31PdS2. The Morgan fingerprint density at radius 1 is 0.574 bits per heavy atom. The van der Waals surface area contributed by atoms with Gasteiger partial charge in [-0.3, -0.25) is 14.4 Å². The van der Waals surface area contributed by atoms with Crippen molar-refractivity contribution in [3.63, 3.8) is 0 Å². The Kier molecular flexibility index (Phi) is 42.2. The Morgan fingerprint density at radius 2 is 1.01 bits per heavy atom. The number of carbonyl (C=O) groups excluding carboxylic acids is 4. The van der Waals surface area contributed by atoms with Crippen LogP contribution in [0.1, 0.15) is 117 Å². The van der Waals surface area contributed by atoms with Gasteiger partial charge in [0.1, 0.15) is 86.0 Å². The van der Waals surface area contributed by atoms with Crippen LogP contribution in [0.15, 0.2) is 30.7 Å². The molecule has 14 aliphatic heterocycles. The number of aliphatic hydroxyl groups excluding tert-OH is 7. The predicted octanol–water partition coefficient (Wildman–Crippen LogP) is 1.71. The Morgan fingerprint density at radius 3 is 1.44 bits per heavy atom. The van der Waals surface area contributed by atoms with E-state index in [1.165, 1.54) is 60.9 Å². The van der Waals surface area contributed by atoms with Crippen LogP contribution in [0.25, 0.3) is 10.4 Å². The van der Waals surface area contributed by atoms with Gasteiger partial charge in [-0.25, -0.2) is 9.59 Å². The van der Waals surface area contributed by atoms with E-state index < -0.39 is 144 Å². The van der Waals surface area contributed by atoms with Gasteiger partial charge in [0.15, 0.2) is 89.9 Å². The average Bonchev–Trinajstić information content (AvgIpc) is 1.65. The van der Waals surface area contributed by atoms with Gasteiger partial charge >= 0.3 is 105 Å². The molecule has 0 aliphatic carbocycles. The number of aliphatic hydroxyl groups is 7. The zero-order valence-corrected chi connectivity index (χ0v) is 72.9. The minimum atomic E-state index is -2.81. The number of carbonyl (C=O) groups is 5. The van der Waals surface area contributed by atoms with E-state index >= 15 is 0 Å². The van der Waals surface area contributed by atoms with Gasteiger partial charge in [-0.2, -0.15) is 27.0 Å². The van der Waals surface area contributed by atoms with Crippen LogP contribution in [0.4, 0.5) is 0 Å². The molecule has 14 saturated heterocycles. The molecule has 21 atom stereocenters. The van der Waals surface area contributed by atoms with Crippen molar-refractivity contribution >= 4 is 138 Å². The second-order valence-corrected chi connectivity index (χ2v) is 41.5. The van der Waals surface area contributed by atoms with Crippen molar-refractivity contribution < 1.29 is 162 Å². The number of aliphatic carboxylic acids is 1. The fraction of sp³-hybridized carbons (Fsp3) is 0.855. The summed E-state index contributed by atoms with van der Waals surface area (Å²) in [6.07, 6.45) is -7.79. The number of halogens is 4. The SMILES string of the molecule is C.C=CN1C[C@@H]2OC(C)(C)O[C@@H]2C1=O.C=CN1C[C@@H]2OC(CC)(CC)O[C@@H]2C1=O.CC1(C)O[C@@H](CN=[N+]=[N-])[C@@H](C(=O)O)O1.CC1(C)O[C@@H]2[C@H](O1)[C@@H](CO)O[C@H]2O.CC1(C)O[C@H]2CNC(=O)[C@H]2O1.CC1(C)O[C@H]2COC(=O)[C@H]2O1.CC1(C)O[C@H]2COC(O)[C@H]2O1.OC[C@H]1O[C@@H](O)[C@H](O)[C@@H]1O.S.S.[Cl][Pd]([Cl])([Cl])[Cl].[Na][Na]. The quantitative estimate of drug-likeness (QED) is 0.0521. The molecule has 0 aromatic carbocycles. The number of azide groups is 1. The number of rotatable bonds is 9. The summed E-state index contributed by atoms with van der Waals surface area (Å²) in [5, 5.41) is 77.2. The molecule has 14 rings (SSSR count). The second kappa shape index (κ2) is 43.9. The molecule has 46 heteroatoms. The molecule has 0 aromatic rings. The standard InChI is InChI=1S/C11H17NO3.C9H13NO3.C8H14O5.C7H11N3O4.C7H11NO3.C7H12O4.C7H10O4.C5H10O5.CH4.4ClH.2Na.Pd.2H2S/c1-4-11(5-2)14-8-7-12(6-3)10(13)9(8)15-11;1-4-10-5-6-7(8(10)11)13-9(2,3)12-6;1-8(2)12-5-4(3-9)11-7(10)6(5)13-8;1-7(2)13-4(3-9-10-8)5(14-7)6(11)12;1-7(2)10-4-3-8-6(9)5(4)11-7;2*1-7(2)10-4-3-9-6(8)5(4)11-7;6-1-2-3(7)4(8)5(9)10-2;;;;;;;;;;/h6,8-9H,3-5,7H2,1-2H3;4,6-7H,1,5H2,2-3H3;4-7,9-10H,3H2,1-2H3;4-5H,3H2,1-2H3,(H,11,12);4-5H,3H2,1-2H3,(H,8,9);4-6,8H,3H2,1-2H3;4-5H,3H2,1-2H3;2-9H,1H2;1H4;4*1H;;;;2*1H2/q;;;;;;;;;;;;;;;+4;;/p-4/t8-,9-;6-,7-;4-,5-,6-,7-;2*4-,5-;4-,5-,6?;4-,5-;2-,3-,4-,5-;;;;;;;;;;/m00100001........../s1. The summed E-state index contributed by atoms with van der Waals surface area (Å²) in [6, 6.07) is 0. The molecule has 14 fully saturated rings. The monoisotopic (exact) mass is 1790 g/mol. The third-order valence-electron chi connectivity index (χ3n) is 16.8. The van der Waals surface area contributed by atoms with Crippen LogP contribution in [0, 0.1) is 0 Å². The molecule has 3 amide bonds. The summed E-state index contributed by atoms with van der Waals surface area (Å²) in [5.74, 6) is -6.16. The van der Waals surface area contributed by atoms with Gasteiger partial charge in [-0.15, -0.1) is 0 Å². The van der Waals surface area contributed by atoms with Gasteiger partial charge in [-0.05, 0) is 114 Å². The summed E-state index contributed by atoms with van der Waals surface area (Å²) in [7, 11) is 19.9. The average molecular weight is 1790 g/mol. The molecule has 0 bridgehead atoms. The number of ether oxygens (including phenoxy) is 18. The normalized spacial score (nSPS) is 36.9. The molecule has 108 heavy (non-hydrogen) atoms. The summed E-state index contributed by atoms with van der Waals surface area (Å²) in [5.41, 5.74) is 8.10. The van der Waals surface area contributed by atoms with Gasteiger partial charge in [0.2, 0.25) is 0 Å². The first-order valence-electron chi connectivity index (χ1n) is 33.7. The van der Waals surface area contributed by atoms with Crippen LogP contribution < -0.4 is 5.32 Å². The van der Waals surface area contributed by atoms with Crippen molar-refractivity contribution in [1.82, 2.24) is 15.1 Å². The first-order valence-corrected chi connectivity index (χ1v) is 49.7. The van der Waals surface area contributed by atoms with Gasteiger partial charge < -0.3 is 141 Å². The van der Waals surface area contributed by atoms with Crippen LogP contribution in [-0.2, 0) is 121 Å². The van der Waals surface area contributed by atoms with Crippen molar-refractivity contribution in [3.05, 3.63) is 36.0 Å². The number of carboxylic acid groups (broad SMARTS) is 1. The van der Waals surface area contributed by atoms with E-state index in [9.17, 15) is 34.2 Å². The molecule has 622 valence electrons. The third kappa shape index (κ3) is 29.3. The van der Waals surface area contributed by atoms with Gasteiger partial charge in [0, 0.05) is 11.5 Å². The molecule has 0 saturated carbocycles. The Balaban J connectivity index is 0.000000413. The minimum absolute atomic E-state index is 0. The number of hydrogen-bond acceptors (Lipinski definition) is 31. The van der Waals surface area contributed by atoms with Crippen molar-refractivity contribution in [1.29, 1.82) is 0 Å². The number of fused-ring (bicyclic) bond motifs is 6. The summed E-state index contributed by atoms with van der Waals surface area (Å²) < 4.78 is 95.3. The number of cyclic esters (lactones) is 1. The Bertz CT molecular complexity index is 2930. The first-order chi connectivity index (χ1) is 48.6. The third-order valence-corrected chi connectivity index (χ3v) is 16.8. The van der Waals surface area contributed by atoms with E-state index in [0.717, 1.165) is 12.8 Å². The van der Waals surface area contributed by atoms with Gasteiger partial charge in [0.25, 0.3) is 17.7 Å². The van der Waals surface area contributed by atoms with E-state index in [0.29, 0.717) is 32.8 Å². The number of nitrogens with zero attached hydrogens (tertiary/aromatic N) is 5. The zero-order chi connectivity index (χ0) is 79.5. The van der Waals surface area contributed by atoms with Crippen LogP contribution in [0.5, 0.6) is 0 Å². The van der Waals surface area contributed by atoms with Gasteiger partial charge in [0.05, 0.1) is 39.5 Å². The second-order valence-electron chi connectivity index (χ2n) is 27.3. The predicted molar refractivity (Wildman–Crippen MR) is 388 cm³/mol. The van der Waals surface area contributed by atoms with Crippen LogP contribution in [0.2, 0.25) is 0 Å². The molecule has 14 heterocycles. The van der Waals surface area contributed by atoms with Crippen LogP contribution in [-0.4, -0.2) is 346 Å². The van der Waals surface area contributed by atoms with E-state index in [2.05, 4.69) is 33.2 Å². The topological polar surface area (TPSA) is 481 Å². The van der Waals surface area contributed by atoms with E-state index in [1.807, 2.05) is 55.4 Å². The number of amides is 3. The molecular weight excluding hydrogens is 1680 g/mol. The Labute approximate surface area is 689 Å². The molecule has 0 aromatic heterocycles. The maximum absolute atomic E-state index is 11.8. The molecule has 0 radical (unpaired) electrons. The molecule has 1 unspecified atom stereocenters. The molecule has 0 spiro atoms. The molecule has 37 nitrogen and oxygen atoms in total. The summed E-state index contributed by atoms with van der Waals surface area (Å²) in [6.45, 7) is 34.3. The van der Waals surface area contributed by atoms with Crippen LogP contribution in [0.3, 0.4) is 0 Å². The molecule has 9 N–H and O–H groups in total. The van der Waals surface area contributed by atoms with E-state index in [4.69, 9.17) is 155 Å². The number of nitrogens with one attached hydrogen (secondary N) is 1. The maximum atomic E-state index is 11.8. The number of carboxylic acids is 1. The van der Waals surface area contributed by atoms with Crippen molar-refractivity contribution in [2.45, 2.75) is 286 Å².